The maximum Gasteiger partial charge on any atom is 0.353 e. The lowest BCUT2D eigenvalue weighted by Gasteiger charge is -2.36. The van der Waals surface area contributed by atoms with Gasteiger partial charge in [0.1, 0.15) is 16.9 Å². The summed E-state index contributed by atoms with van der Waals surface area (Å²) in [5.74, 6) is 1.71. The van der Waals surface area contributed by atoms with Crippen LogP contribution < -0.4 is 0 Å². The van der Waals surface area contributed by atoms with Gasteiger partial charge in [-0.2, -0.15) is 11.8 Å². The number of rotatable bonds is 2. The van der Waals surface area contributed by atoms with Crippen LogP contribution in [0, 0.1) is 0 Å². The average molecular weight is 321 g/mol. The minimum absolute atomic E-state index is 0.0627. The Labute approximate surface area is 128 Å². The molecule has 4 rings (SSSR count). The molecule has 3 aliphatic heterocycles. The van der Waals surface area contributed by atoms with Crippen molar-refractivity contribution in [3.8, 4) is 0 Å². The molecule has 0 spiro atoms. The molecule has 3 aliphatic rings. The molecule has 0 aliphatic carbocycles. The number of nitrogens with zero attached hydrogens (tertiary/aromatic N) is 3. The molecular weight excluding hydrogens is 310 g/mol. The fraction of sp³-hybridized carbons (Fsp3) is 0.308. The van der Waals surface area contributed by atoms with E-state index in [0.29, 0.717) is 5.57 Å². The lowest BCUT2D eigenvalue weighted by Crippen LogP contribution is -2.51. The number of aromatic nitrogens is 2. The molecule has 0 bridgehead atoms. The molecule has 21 heavy (non-hydrogen) atoms. The Morgan fingerprint density at radius 3 is 3.14 bits per heavy atom. The highest BCUT2D eigenvalue weighted by Crippen LogP contribution is 2.45. The van der Waals surface area contributed by atoms with Crippen LogP contribution in [0.15, 0.2) is 22.9 Å². The van der Waals surface area contributed by atoms with Crippen molar-refractivity contribution in [1.29, 1.82) is 0 Å². The topological polar surface area (TPSA) is 75.4 Å². The summed E-state index contributed by atoms with van der Waals surface area (Å²) >= 11 is 3.20. The van der Waals surface area contributed by atoms with Crippen LogP contribution in [0.2, 0.25) is 0 Å². The summed E-state index contributed by atoms with van der Waals surface area (Å²) in [6, 6.07) is 0. The number of imidazole rings is 1. The third-order valence-electron chi connectivity index (χ3n) is 3.64. The predicted molar refractivity (Wildman–Crippen MR) is 80.3 cm³/mol. The Morgan fingerprint density at radius 2 is 2.38 bits per heavy atom. The number of thioether (sulfide) groups is 2. The van der Waals surface area contributed by atoms with Crippen LogP contribution in [0.1, 0.15) is 11.5 Å². The Balaban J connectivity index is 1.60. The summed E-state index contributed by atoms with van der Waals surface area (Å²) in [6.07, 6.45) is 3.74. The zero-order chi connectivity index (χ0) is 14.6. The van der Waals surface area contributed by atoms with Crippen LogP contribution >= 0.6 is 23.5 Å². The molecule has 0 unspecified atom stereocenters. The second kappa shape index (κ2) is 4.67. The fourth-order valence-electron chi connectivity index (χ4n) is 2.61. The van der Waals surface area contributed by atoms with E-state index in [1.54, 1.807) is 6.08 Å². The van der Waals surface area contributed by atoms with Crippen molar-refractivity contribution in [2.75, 3.05) is 5.75 Å². The summed E-state index contributed by atoms with van der Waals surface area (Å²) in [5, 5.41) is 10.3. The molecule has 0 radical (unpaired) electrons. The molecule has 1 amide bonds. The second-order valence-electron chi connectivity index (χ2n) is 4.90. The Hall–Kier alpha value is -1.67. The average Bonchev–Trinajstić information content (AvgIpc) is 3.05. The summed E-state index contributed by atoms with van der Waals surface area (Å²) in [5.41, 5.74) is 1.46. The van der Waals surface area contributed by atoms with E-state index in [4.69, 9.17) is 5.11 Å². The summed E-state index contributed by atoms with van der Waals surface area (Å²) in [7, 11) is 0. The summed E-state index contributed by atoms with van der Waals surface area (Å²) in [6.45, 7) is 0.944. The van der Waals surface area contributed by atoms with Gasteiger partial charge in [0.25, 0.3) is 5.91 Å². The number of hydrogen-bond donors (Lipinski definition) is 1. The van der Waals surface area contributed by atoms with Crippen LogP contribution in [-0.4, -0.2) is 42.6 Å². The summed E-state index contributed by atoms with van der Waals surface area (Å²) in [4.78, 5) is 29.0. The maximum absolute atomic E-state index is 12.1. The van der Waals surface area contributed by atoms with E-state index < -0.39 is 5.97 Å². The number of carboxylic acids is 1. The first-order chi connectivity index (χ1) is 10.1. The predicted octanol–water partition coefficient (Wildman–Crippen LogP) is 1.35. The number of carbonyl (C=O) groups excluding carboxylic acids is 1. The Morgan fingerprint density at radius 1 is 1.52 bits per heavy atom. The molecule has 0 saturated carbocycles. The molecule has 0 aromatic carbocycles. The molecule has 4 heterocycles. The molecule has 1 atom stereocenters. The number of carboxylic acid groups (broad SMARTS) is 1. The van der Waals surface area contributed by atoms with Crippen LogP contribution in [0.3, 0.4) is 0 Å². The zero-order valence-electron chi connectivity index (χ0n) is 10.9. The van der Waals surface area contributed by atoms with Crippen molar-refractivity contribution in [2.45, 2.75) is 17.7 Å². The molecule has 6 nitrogen and oxygen atoms in total. The van der Waals surface area contributed by atoms with E-state index in [-0.39, 0.29) is 17.0 Å². The fourth-order valence-corrected chi connectivity index (χ4v) is 4.61. The smallest absolute Gasteiger partial charge is 0.353 e. The number of aliphatic carboxylic acids is 1. The van der Waals surface area contributed by atoms with Gasteiger partial charge in [0.05, 0.1) is 17.0 Å². The highest BCUT2D eigenvalue weighted by atomic mass is 32.2. The third-order valence-corrected chi connectivity index (χ3v) is 5.66. The molecule has 1 fully saturated rings. The standard InChI is InChI=1S/C13H11N3O3S2/c17-11-8(12-16(11)9(5-21-12)13(18)19)3-7-4-15-1-2-20-6-10(15)14-7/h3-5,12H,1-2,6H2,(H,18,19)/b8-3-/t12-/m1/s1. The lowest BCUT2D eigenvalue weighted by atomic mass is 10.0. The van der Waals surface area contributed by atoms with Gasteiger partial charge in [-0.05, 0) is 6.08 Å². The van der Waals surface area contributed by atoms with E-state index in [9.17, 15) is 9.59 Å². The third kappa shape index (κ3) is 1.93. The molecule has 1 aromatic rings. The maximum atomic E-state index is 12.1. The van der Waals surface area contributed by atoms with Gasteiger partial charge >= 0.3 is 5.97 Å². The molecular formula is C13H11N3O3S2. The molecule has 1 aromatic heterocycles. The normalized spacial score (nSPS) is 25.4. The number of amides is 1. The molecule has 1 N–H and O–H groups in total. The number of carbonyl (C=O) groups is 2. The van der Waals surface area contributed by atoms with Gasteiger partial charge in [0.2, 0.25) is 0 Å². The first-order valence-corrected chi connectivity index (χ1v) is 8.53. The van der Waals surface area contributed by atoms with Gasteiger partial charge in [-0.1, -0.05) is 0 Å². The molecule has 108 valence electrons. The largest absolute Gasteiger partial charge is 0.477 e. The van der Waals surface area contributed by atoms with Crippen LogP contribution in [0.5, 0.6) is 0 Å². The Kier molecular flexibility index (Phi) is 2.90. The van der Waals surface area contributed by atoms with Crippen molar-refractivity contribution in [3.63, 3.8) is 0 Å². The number of fused-ring (bicyclic) bond motifs is 2. The van der Waals surface area contributed by atoms with E-state index in [1.165, 1.54) is 22.1 Å². The monoisotopic (exact) mass is 321 g/mol. The quantitative estimate of drug-likeness (QED) is 0.655. The number of aryl methyl sites for hydroxylation is 1. The van der Waals surface area contributed by atoms with Crippen LogP contribution in [0.4, 0.5) is 0 Å². The van der Waals surface area contributed by atoms with Crippen molar-refractivity contribution >= 4 is 41.5 Å². The van der Waals surface area contributed by atoms with E-state index in [0.717, 1.165) is 29.6 Å². The SMILES string of the molecule is O=C(O)C1=CS[C@@H]2/C(=C\c3cn4c(n3)CSCC4)C(=O)N12. The van der Waals surface area contributed by atoms with Crippen molar-refractivity contribution in [2.24, 2.45) is 0 Å². The van der Waals surface area contributed by atoms with E-state index >= 15 is 0 Å². The van der Waals surface area contributed by atoms with Crippen molar-refractivity contribution < 1.29 is 14.7 Å². The van der Waals surface area contributed by atoms with E-state index in [2.05, 4.69) is 9.55 Å². The second-order valence-corrected chi connectivity index (χ2v) is 6.96. The van der Waals surface area contributed by atoms with Gasteiger partial charge in [-0.15, -0.1) is 11.8 Å². The van der Waals surface area contributed by atoms with Gasteiger partial charge in [-0.25, -0.2) is 9.78 Å². The van der Waals surface area contributed by atoms with Crippen molar-refractivity contribution in [3.05, 3.63) is 34.4 Å². The zero-order valence-corrected chi connectivity index (χ0v) is 12.5. The van der Waals surface area contributed by atoms with Gasteiger partial charge < -0.3 is 9.67 Å². The highest BCUT2D eigenvalue weighted by molar-refractivity contribution is 8.03. The van der Waals surface area contributed by atoms with Gasteiger partial charge in [0.15, 0.2) is 0 Å². The lowest BCUT2D eigenvalue weighted by molar-refractivity contribution is -0.141. The first kappa shape index (κ1) is 13.0. The van der Waals surface area contributed by atoms with Gasteiger partial charge in [0, 0.05) is 23.9 Å². The number of β-lactam (4-membered cyclic amide) rings is 1. The summed E-state index contributed by atoms with van der Waals surface area (Å²) < 4.78 is 2.12. The Bertz CT molecular complexity index is 699. The van der Waals surface area contributed by atoms with Crippen LogP contribution in [-0.2, 0) is 21.9 Å². The number of hydrogen-bond acceptors (Lipinski definition) is 5. The molecule has 1 saturated heterocycles. The minimum Gasteiger partial charge on any atom is -0.477 e. The first-order valence-electron chi connectivity index (χ1n) is 6.43. The van der Waals surface area contributed by atoms with Crippen LogP contribution in [0.25, 0.3) is 6.08 Å². The van der Waals surface area contributed by atoms with Gasteiger partial charge in [-0.3, -0.25) is 9.69 Å². The molecule has 8 heteroatoms. The highest BCUT2D eigenvalue weighted by Gasteiger charge is 2.49. The van der Waals surface area contributed by atoms with Crippen molar-refractivity contribution in [1.82, 2.24) is 14.5 Å². The van der Waals surface area contributed by atoms with E-state index in [1.807, 2.05) is 18.0 Å². The minimum atomic E-state index is -1.06.